The van der Waals surface area contributed by atoms with E-state index >= 15 is 0 Å². The minimum atomic E-state index is -0.841. The number of nitrogens with zero attached hydrogens (tertiary/aromatic N) is 1. The molecular weight excluding hydrogens is 526 g/mol. The van der Waals surface area contributed by atoms with Crippen LogP contribution in [0, 0.1) is 0 Å². The maximum atomic E-state index is 13.4. The van der Waals surface area contributed by atoms with Crippen molar-refractivity contribution in [1.82, 2.24) is 4.90 Å². The molecule has 0 aromatic heterocycles. The number of amides is 1. The average Bonchev–Trinajstić information content (AvgIpc) is 3.45. The SMILES string of the molecule is COC(=O)C[C@H]1CC[C@H](CCOC(c2ccccc2)(c2ccccc2)c2ccccc2)N1C(=O)OCc1ccccc1. The van der Waals surface area contributed by atoms with E-state index in [4.69, 9.17) is 14.2 Å². The predicted octanol–water partition coefficient (Wildman–Crippen LogP) is 7.12. The zero-order valence-corrected chi connectivity index (χ0v) is 23.9. The maximum absolute atomic E-state index is 13.4. The highest BCUT2D eigenvalue weighted by Gasteiger charge is 2.41. The summed E-state index contributed by atoms with van der Waals surface area (Å²) >= 11 is 0. The van der Waals surface area contributed by atoms with E-state index < -0.39 is 11.7 Å². The third-order valence-corrected chi connectivity index (χ3v) is 7.98. The number of benzene rings is 4. The van der Waals surface area contributed by atoms with Crippen molar-refractivity contribution in [1.29, 1.82) is 0 Å². The number of hydrogen-bond donors (Lipinski definition) is 0. The normalized spacial score (nSPS) is 16.6. The Morgan fingerprint density at radius 1 is 0.714 bits per heavy atom. The van der Waals surface area contributed by atoms with Crippen molar-refractivity contribution < 1.29 is 23.8 Å². The summed E-state index contributed by atoms with van der Waals surface area (Å²) in [4.78, 5) is 27.4. The standard InChI is InChI=1S/C36H37NO5/c1-40-34(38)26-33-23-22-32(37(33)35(39)41-27-28-14-6-2-7-15-28)24-25-42-36(29-16-8-3-9-17-29,30-18-10-4-11-19-30)31-20-12-5-13-21-31/h2-21,32-33H,22-27H2,1H3/t32-,33-/m1/s1. The van der Waals surface area contributed by atoms with Crippen LogP contribution in [0.25, 0.3) is 0 Å². The fourth-order valence-corrected chi connectivity index (χ4v) is 5.93. The topological polar surface area (TPSA) is 65.1 Å². The highest BCUT2D eigenvalue weighted by molar-refractivity contribution is 5.73. The Bertz CT molecular complexity index is 1320. The first-order valence-electron chi connectivity index (χ1n) is 14.5. The van der Waals surface area contributed by atoms with Gasteiger partial charge in [-0.25, -0.2) is 4.79 Å². The first-order chi connectivity index (χ1) is 20.6. The largest absolute Gasteiger partial charge is 0.469 e. The van der Waals surface area contributed by atoms with Gasteiger partial charge < -0.3 is 19.1 Å². The summed E-state index contributed by atoms with van der Waals surface area (Å²) in [6.45, 7) is 0.556. The Balaban J connectivity index is 1.39. The summed E-state index contributed by atoms with van der Waals surface area (Å²) in [6, 6.07) is 39.9. The van der Waals surface area contributed by atoms with E-state index in [1.165, 1.54) is 7.11 Å². The Morgan fingerprint density at radius 2 is 1.19 bits per heavy atom. The molecule has 2 atom stereocenters. The Labute approximate surface area is 247 Å². The van der Waals surface area contributed by atoms with Crippen molar-refractivity contribution in [2.45, 2.75) is 50.0 Å². The molecule has 0 N–H and O–H groups in total. The minimum Gasteiger partial charge on any atom is -0.469 e. The molecule has 0 bridgehead atoms. The fourth-order valence-electron chi connectivity index (χ4n) is 5.93. The monoisotopic (exact) mass is 563 g/mol. The lowest BCUT2D eigenvalue weighted by molar-refractivity contribution is -0.141. The maximum Gasteiger partial charge on any atom is 0.410 e. The number of ether oxygens (including phenoxy) is 3. The molecule has 1 heterocycles. The van der Waals surface area contributed by atoms with Gasteiger partial charge in [0.15, 0.2) is 0 Å². The Kier molecular flexibility index (Phi) is 9.67. The number of hydrogen-bond acceptors (Lipinski definition) is 5. The van der Waals surface area contributed by atoms with Gasteiger partial charge in [-0.2, -0.15) is 0 Å². The van der Waals surface area contributed by atoms with Crippen LogP contribution in [0.1, 0.15) is 47.9 Å². The van der Waals surface area contributed by atoms with E-state index in [0.29, 0.717) is 19.4 Å². The van der Waals surface area contributed by atoms with E-state index in [1.807, 2.05) is 84.9 Å². The van der Waals surface area contributed by atoms with E-state index in [1.54, 1.807) is 4.90 Å². The number of methoxy groups -OCH3 is 1. The van der Waals surface area contributed by atoms with E-state index in [0.717, 1.165) is 28.7 Å². The molecule has 42 heavy (non-hydrogen) atoms. The van der Waals surface area contributed by atoms with Gasteiger partial charge in [0.25, 0.3) is 0 Å². The van der Waals surface area contributed by atoms with Crippen LogP contribution in [0.3, 0.4) is 0 Å². The fraction of sp³-hybridized carbons (Fsp3) is 0.278. The summed E-state index contributed by atoms with van der Waals surface area (Å²) in [5.74, 6) is -0.339. The zero-order chi connectivity index (χ0) is 29.2. The summed E-state index contributed by atoms with van der Waals surface area (Å²) in [5.41, 5.74) is 3.14. The molecule has 1 amide bonds. The van der Waals surface area contributed by atoms with Gasteiger partial charge in [0.1, 0.15) is 12.2 Å². The number of carbonyl (C=O) groups is 2. The lowest BCUT2D eigenvalue weighted by Gasteiger charge is -2.37. The molecule has 5 rings (SSSR count). The van der Waals surface area contributed by atoms with E-state index in [9.17, 15) is 9.59 Å². The summed E-state index contributed by atoms with van der Waals surface area (Å²) in [7, 11) is 1.37. The summed E-state index contributed by atoms with van der Waals surface area (Å²) < 4.78 is 17.6. The van der Waals surface area contributed by atoms with Crippen LogP contribution in [-0.2, 0) is 31.2 Å². The molecule has 0 unspecified atom stereocenters. The third-order valence-electron chi connectivity index (χ3n) is 7.98. The number of likely N-dealkylation sites (tertiary alicyclic amines) is 1. The Hall–Kier alpha value is -4.42. The van der Waals surface area contributed by atoms with Gasteiger partial charge >= 0.3 is 12.1 Å². The van der Waals surface area contributed by atoms with Crippen LogP contribution in [0.5, 0.6) is 0 Å². The highest BCUT2D eigenvalue weighted by atomic mass is 16.6. The highest BCUT2D eigenvalue weighted by Crippen LogP contribution is 2.41. The van der Waals surface area contributed by atoms with Crippen LogP contribution in [-0.4, -0.2) is 42.8 Å². The van der Waals surface area contributed by atoms with Crippen LogP contribution >= 0.6 is 0 Å². The molecule has 1 aliphatic rings. The molecule has 1 fully saturated rings. The van der Waals surface area contributed by atoms with Crippen LogP contribution in [0.4, 0.5) is 4.79 Å². The molecule has 6 nitrogen and oxygen atoms in total. The number of rotatable bonds is 11. The zero-order valence-electron chi connectivity index (χ0n) is 23.9. The second-order valence-electron chi connectivity index (χ2n) is 10.5. The summed E-state index contributed by atoms with van der Waals surface area (Å²) in [6.07, 6.45) is 1.75. The Morgan fingerprint density at radius 3 is 1.69 bits per heavy atom. The second-order valence-corrected chi connectivity index (χ2v) is 10.5. The molecule has 1 aliphatic heterocycles. The molecule has 6 heteroatoms. The van der Waals surface area contributed by atoms with Crippen molar-refractivity contribution in [3.63, 3.8) is 0 Å². The average molecular weight is 564 g/mol. The van der Waals surface area contributed by atoms with Gasteiger partial charge in [0.05, 0.1) is 20.1 Å². The molecule has 1 saturated heterocycles. The quantitative estimate of drug-likeness (QED) is 0.144. The number of carbonyl (C=O) groups excluding carboxylic acids is 2. The smallest absolute Gasteiger partial charge is 0.410 e. The van der Waals surface area contributed by atoms with Gasteiger partial charge in [-0.15, -0.1) is 0 Å². The molecule has 4 aromatic carbocycles. The second kappa shape index (κ2) is 14.0. The van der Waals surface area contributed by atoms with Crippen molar-refractivity contribution in [3.05, 3.63) is 144 Å². The molecule has 0 spiro atoms. The molecule has 0 aliphatic carbocycles. The first-order valence-corrected chi connectivity index (χ1v) is 14.5. The molecule has 0 saturated carbocycles. The molecule has 216 valence electrons. The third kappa shape index (κ3) is 6.55. The number of esters is 1. The van der Waals surface area contributed by atoms with Crippen molar-refractivity contribution in [2.24, 2.45) is 0 Å². The van der Waals surface area contributed by atoms with Crippen LogP contribution in [0.2, 0.25) is 0 Å². The summed E-state index contributed by atoms with van der Waals surface area (Å²) in [5, 5.41) is 0. The van der Waals surface area contributed by atoms with Crippen molar-refractivity contribution in [3.8, 4) is 0 Å². The van der Waals surface area contributed by atoms with Gasteiger partial charge in [0.2, 0.25) is 0 Å². The van der Waals surface area contributed by atoms with Gasteiger partial charge in [-0.1, -0.05) is 121 Å². The molecular formula is C36H37NO5. The lowest BCUT2D eigenvalue weighted by atomic mass is 9.80. The predicted molar refractivity (Wildman–Crippen MR) is 162 cm³/mol. The van der Waals surface area contributed by atoms with Crippen molar-refractivity contribution in [2.75, 3.05) is 13.7 Å². The van der Waals surface area contributed by atoms with Gasteiger partial charge in [-0.3, -0.25) is 4.79 Å². The minimum absolute atomic E-state index is 0.135. The first kappa shape index (κ1) is 29.1. The lowest BCUT2D eigenvalue weighted by Crippen LogP contribution is -2.43. The van der Waals surface area contributed by atoms with Crippen molar-refractivity contribution >= 4 is 12.1 Å². The van der Waals surface area contributed by atoms with Crippen LogP contribution in [0.15, 0.2) is 121 Å². The van der Waals surface area contributed by atoms with Gasteiger partial charge in [-0.05, 0) is 41.5 Å². The van der Waals surface area contributed by atoms with E-state index in [2.05, 4.69) is 36.4 Å². The van der Waals surface area contributed by atoms with E-state index in [-0.39, 0.29) is 31.1 Å². The van der Waals surface area contributed by atoms with Crippen LogP contribution < -0.4 is 0 Å². The van der Waals surface area contributed by atoms with Gasteiger partial charge in [0, 0.05) is 12.1 Å². The molecule has 0 radical (unpaired) electrons. The molecule has 4 aromatic rings.